The highest BCUT2D eigenvalue weighted by Crippen LogP contribution is 2.32. The standard InChI is InChI=1S/C22H21BrN4O2/c1-2-3-6-13-29-22(28)18-19-21(26-17-8-5-4-7-16(17)25-19)27(20(18)24)15-11-9-14(23)10-12-15/h4-5,7-12H,2-3,6,13,24H2,1H3. The Kier molecular flexibility index (Phi) is 5.49. The highest BCUT2D eigenvalue weighted by molar-refractivity contribution is 9.10. The number of rotatable bonds is 6. The van der Waals surface area contributed by atoms with E-state index >= 15 is 0 Å². The van der Waals surface area contributed by atoms with E-state index in [1.807, 2.05) is 48.5 Å². The van der Waals surface area contributed by atoms with Crippen molar-refractivity contribution in [2.75, 3.05) is 12.3 Å². The molecule has 0 unspecified atom stereocenters. The van der Waals surface area contributed by atoms with Crippen LogP contribution in [0.3, 0.4) is 0 Å². The lowest BCUT2D eigenvalue weighted by atomic mass is 10.2. The van der Waals surface area contributed by atoms with Crippen molar-refractivity contribution in [2.45, 2.75) is 26.2 Å². The largest absolute Gasteiger partial charge is 0.462 e. The lowest BCUT2D eigenvalue weighted by Crippen LogP contribution is -2.10. The van der Waals surface area contributed by atoms with Crippen LogP contribution in [0.15, 0.2) is 53.0 Å². The number of nitrogen functional groups attached to an aromatic ring is 1. The first-order valence-corrected chi connectivity index (χ1v) is 10.4. The number of hydrogen-bond acceptors (Lipinski definition) is 5. The minimum Gasteiger partial charge on any atom is -0.462 e. The minimum atomic E-state index is -0.468. The number of hydrogen-bond donors (Lipinski definition) is 1. The van der Waals surface area contributed by atoms with Crippen molar-refractivity contribution >= 4 is 49.9 Å². The monoisotopic (exact) mass is 452 g/mol. The maximum absolute atomic E-state index is 12.9. The number of fused-ring (bicyclic) bond motifs is 2. The lowest BCUT2D eigenvalue weighted by Gasteiger charge is -2.08. The van der Waals surface area contributed by atoms with Crippen LogP contribution in [0, 0.1) is 0 Å². The van der Waals surface area contributed by atoms with Gasteiger partial charge in [-0.25, -0.2) is 14.8 Å². The molecule has 4 rings (SSSR count). The number of unbranched alkanes of at least 4 members (excludes halogenated alkanes) is 2. The quantitative estimate of drug-likeness (QED) is 0.318. The first-order chi connectivity index (χ1) is 14.1. The molecular weight excluding hydrogens is 432 g/mol. The number of carbonyl (C=O) groups is 1. The number of esters is 1. The van der Waals surface area contributed by atoms with Gasteiger partial charge in [0.2, 0.25) is 0 Å². The molecule has 29 heavy (non-hydrogen) atoms. The van der Waals surface area contributed by atoms with Gasteiger partial charge >= 0.3 is 5.97 Å². The molecule has 4 aromatic rings. The van der Waals surface area contributed by atoms with Gasteiger partial charge in [-0.1, -0.05) is 47.8 Å². The molecule has 0 saturated carbocycles. The van der Waals surface area contributed by atoms with Crippen LogP contribution >= 0.6 is 15.9 Å². The molecule has 0 atom stereocenters. The molecule has 2 heterocycles. The minimum absolute atomic E-state index is 0.262. The van der Waals surface area contributed by atoms with E-state index < -0.39 is 5.97 Å². The van der Waals surface area contributed by atoms with Gasteiger partial charge in [0.15, 0.2) is 5.65 Å². The summed E-state index contributed by atoms with van der Waals surface area (Å²) in [5.74, 6) is -0.192. The van der Waals surface area contributed by atoms with Crippen LogP contribution in [0.5, 0.6) is 0 Å². The van der Waals surface area contributed by atoms with Gasteiger partial charge in [0.25, 0.3) is 0 Å². The molecule has 7 heteroatoms. The maximum atomic E-state index is 12.9. The molecule has 2 aromatic carbocycles. The summed E-state index contributed by atoms with van der Waals surface area (Å²) >= 11 is 3.45. The Morgan fingerprint density at radius 1 is 1.07 bits per heavy atom. The highest BCUT2D eigenvalue weighted by Gasteiger charge is 2.25. The third-order valence-corrected chi connectivity index (χ3v) is 5.30. The van der Waals surface area contributed by atoms with E-state index in [1.165, 1.54) is 0 Å². The summed E-state index contributed by atoms with van der Waals surface area (Å²) in [7, 11) is 0. The van der Waals surface area contributed by atoms with Gasteiger partial charge in [-0.3, -0.25) is 4.57 Å². The van der Waals surface area contributed by atoms with Crippen LogP contribution < -0.4 is 5.73 Å². The molecule has 6 nitrogen and oxygen atoms in total. The third kappa shape index (κ3) is 3.70. The van der Waals surface area contributed by atoms with Crippen molar-refractivity contribution in [1.82, 2.24) is 14.5 Å². The Morgan fingerprint density at radius 2 is 1.76 bits per heavy atom. The highest BCUT2D eigenvalue weighted by atomic mass is 79.9. The van der Waals surface area contributed by atoms with E-state index in [1.54, 1.807) is 4.57 Å². The second kappa shape index (κ2) is 8.21. The molecule has 0 aliphatic rings. The van der Waals surface area contributed by atoms with Gasteiger partial charge in [-0.2, -0.15) is 0 Å². The van der Waals surface area contributed by atoms with Gasteiger partial charge in [-0.05, 0) is 42.8 Å². The fourth-order valence-electron chi connectivity index (χ4n) is 3.30. The Labute approximate surface area is 176 Å². The smallest absolute Gasteiger partial charge is 0.344 e. The first kappa shape index (κ1) is 19.4. The van der Waals surface area contributed by atoms with Crippen molar-refractivity contribution < 1.29 is 9.53 Å². The van der Waals surface area contributed by atoms with Gasteiger partial charge in [0.05, 0.1) is 17.6 Å². The molecule has 0 fully saturated rings. The Balaban J connectivity index is 1.89. The second-order valence-electron chi connectivity index (χ2n) is 6.80. The fourth-order valence-corrected chi connectivity index (χ4v) is 3.57. The molecule has 148 valence electrons. The zero-order chi connectivity index (χ0) is 20.4. The number of para-hydroxylation sites is 2. The molecular formula is C22H21BrN4O2. The molecule has 0 aliphatic carbocycles. The summed E-state index contributed by atoms with van der Waals surface area (Å²) in [5, 5.41) is 0. The van der Waals surface area contributed by atoms with E-state index in [-0.39, 0.29) is 11.4 Å². The van der Waals surface area contributed by atoms with Crippen LogP contribution in [0.1, 0.15) is 36.5 Å². The average Bonchev–Trinajstić information content (AvgIpc) is 3.01. The fraction of sp³-hybridized carbons (Fsp3) is 0.227. The Morgan fingerprint density at radius 3 is 2.45 bits per heavy atom. The number of nitrogens with zero attached hydrogens (tertiary/aromatic N) is 3. The normalized spacial score (nSPS) is 11.2. The number of halogens is 1. The topological polar surface area (TPSA) is 83.0 Å². The summed E-state index contributed by atoms with van der Waals surface area (Å²) < 4.78 is 8.19. The number of nitrogens with two attached hydrogens (primary N) is 1. The van der Waals surface area contributed by atoms with Crippen molar-refractivity contribution in [3.05, 3.63) is 58.6 Å². The van der Waals surface area contributed by atoms with Gasteiger partial charge in [0.1, 0.15) is 16.9 Å². The molecule has 0 saturated heterocycles. The Bertz CT molecular complexity index is 1190. The first-order valence-electron chi connectivity index (χ1n) is 9.60. The zero-order valence-corrected chi connectivity index (χ0v) is 17.6. The van der Waals surface area contributed by atoms with Gasteiger partial charge in [-0.15, -0.1) is 0 Å². The number of ether oxygens (including phenoxy) is 1. The molecule has 0 amide bonds. The number of carbonyl (C=O) groups excluding carboxylic acids is 1. The maximum Gasteiger partial charge on any atom is 0.344 e. The van der Waals surface area contributed by atoms with Crippen molar-refractivity contribution in [2.24, 2.45) is 0 Å². The zero-order valence-electron chi connectivity index (χ0n) is 16.1. The summed E-state index contributed by atoms with van der Waals surface area (Å²) in [4.78, 5) is 22.3. The average molecular weight is 453 g/mol. The summed E-state index contributed by atoms with van der Waals surface area (Å²) in [6.07, 6.45) is 2.88. The third-order valence-electron chi connectivity index (χ3n) is 4.77. The second-order valence-corrected chi connectivity index (χ2v) is 7.72. The number of benzene rings is 2. The lowest BCUT2D eigenvalue weighted by molar-refractivity contribution is 0.0501. The van der Waals surface area contributed by atoms with E-state index in [9.17, 15) is 4.79 Å². The molecule has 2 aromatic heterocycles. The van der Waals surface area contributed by atoms with Crippen LogP contribution in [-0.4, -0.2) is 27.1 Å². The van der Waals surface area contributed by atoms with Crippen LogP contribution in [0.4, 0.5) is 5.82 Å². The van der Waals surface area contributed by atoms with Crippen LogP contribution in [0.25, 0.3) is 27.9 Å². The van der Waals surface area contributed by atoms with E-state index in [2.05, 4.69) is 22.9 Å². The van der Waals surface area contributed by atoms with Crippen molar-refractivity contribution in [3.8, 4) is 5.69 Å². The Hall–Kier alpha value is -2.93. The van der Waals surface area contributed by atoms with Crippen LogP contribution in [0.2, 0.25) is 0 Å². The van der Waals surface area contributed by atoms with Gasteiger partial charge < -0.3 is 10.5 Å². The summed E-state index contributed by atoms with van der Waals surface area (Å²) in [6.45, 7) is 2.46. The van der Waals surface area contributed by atoms with Crippen LogP contribution in [-0.2, 0) is 4.74 Å². The molecule has 0 aliphatic heterocycles. The van der Waals surface area contributed by atoms with Gasteiger partial charge in [0, 0.05) is 10.2 Å². The SMILES string of the molecule is CCCCCOC(=O)c1c(N)n(-c2ccc(Br)cc2)c2nc3ccccc3nc12. The molecule has 2 N–H and O–H groups in total. The summed E-state index contributed by atoms with van der Waals surface area (Å²) in [6, 6.07) is 15.2. The molecule has 0 spiro atoms. The van der Waals surface area contributed by atoms with E-state index in [4.69, 9.17) is 20.4 Å². The molecule has 0 bridgehead atoms. The number of aromatic nitrogens is 3. The van der Waals surface area contributed by atoms with Crippen molar-refractivity contribution in [1.29, 1.82) is 0 Å². The predicted octanol–water partition coefficient (Wildman–Crippen LogP) is 5.27. The van der Waals surface area contributed by atoms with E-state index in [0.29, 0.717) is 23.3 Å². The van der Waals surface area contributed by atoms with E-state index in [0.717, 1.165) is 34.9 Å². The predicted molar refractivity (Wildman–Crippen MR) is 118 cm³/mol. The van der Waals surface area contributed by atoms with Crippen molar-refractivity contribution in [3.63, 3.8) is 0 Å². The molecule has 0 radical (unpaired) electrons. The number of anilines is 1. The summed E-state index contributed by atoms with van der Waals surface area (Å²) in [5.41, 5.74) is 9.93.